The lowest BCUT2D eigenvalue weighted by Gasteiger charge is -2.53. The molecule has 1 unspecified atom stereocenters. The molecule has 0 aromatic heterocycles. The van der Waals surface area contributed by atoms with Crippen molar-refractivity contribution in [1.82, 2.24) is 0 Å². The quantitative estimate of drug-likeness (QED) is 0.149. The molecule has 12 nitrogen and oxygen atoms in total. The summed E-state index contributed by atoms with van der Waals surface area (Å²) < 4.78 is -0.367. The molecule has 1 atom stereocenters. The largest absolute Gasteiger partial charge is 0.480 e. The van der Waals surface area contributed by atoms with Gasteiger partial charge in [0.2, 0.25) is 5.41 Å². The summed E-state index contributed by atoms with van der Waals surface area (Å²) in [5.74, 6) is -16.8. The molecule has 0 heterocycles. The molecule has 1 aliphatic carbocycles. The number of halogens is 1. The van der Waals surface area contributed by atoms with Crippen molar-refractivity contribution in [2.45, 2.75) is 12.8 Å². The number of aliphatic carboxylic acids is 6. The van der Waals surface area contributed by atoms with Crippen molar-refractivity contribution in [3.8, 4) is 0 Å². The van der Waals surface area contributed by atoms with Crippen molar-refractivity contribution >= 4 is 58.4 Å². The number of carboxylic acids is 6. The average molecular weight is 488 g/mol. The van der Waals surface area contributed by atoms with E-state index in [1.165, 1.54) is 22.6 Å². The van der Waals surface area contributed by atoms with Gasteiger partial charge in [-0.25, -0.2) is 0 Å². The molecule has 1 fully saturated rings. The summed E-state index contributed by atoms with van der Waals surface area (Å²) >= 11 is 1.50. The Balaban J connectivity index is 4.36. The van der Waals surface area contributed by atoms with Crippen LogP contribution in [0.25, 0.3) is 0 Å². The van der Waals surface area contributed by atoms with Gasteiger partial charge < -0.3 is 30.6 Å². The predicted octanol–water partition coefficient (Wildman–Crippen LogP) is -0.702. The molecular formula is C13H13IO12. The monoisotopic (exact) mass is 488 g/mol. The number of hydrogen-bond acceptors (Lipinski definition) is 6. The highest BCUT2D eigenvalue weighted by Crippen LogP contribution is 2.64. The van der Waals surface area contributed by atoms with Crippen molar-refractivity contribution < 1.29 is 59.4 Å². The third kappa shape index (κ3) is 2.12. The third-order valence-electron chi connectivity index (χ3n) is 4.94. The van der Waals surface area contributed by atoms with Gasteiger partial charge in [0.1, 0.15) is 0 Å². The van der Waals surface area contributed by atoms with Crippen LogP contribution in [0.15, 0.2) is 0 Å². The molecule has 1 aliphatic rings. The zero-order valence-corrected chi connectivity index (χ0v) is 14.9. The molecule has 0 aliphatic heterocycles. The average Bonchev–Trinajstić information content (AvgIpc) is 2.50. The molecule has 1 rings (SSSR count). The number of alkyl halides is 1. The molecule has 13 heteroatoms. The molecule has 0 spiro atoms. The summed E-state index contributed by atoms with van der Waals surface area (Å²) in [5.41, 5.74) is -11.7. The van der Waals surface area contributed by atoms with Crippen LogP contribution < -0.4 is 0 Å². The van der Waals surface area contributed by atoms with E-state index in [9.17, 15) is 59.4 Å². The Labute approximate surface area is 157 Å². The molecule has 144 valence electrons. The standard InChI is InChI=1S/C13H13IO12/c14-3-4-1-2-11(5(15)16,6(17)18)13(9(23)24,10(25)26)12(4,7(19)20)8(21)22/h4H,1-3H2,(H,15,16)(H,17,18)(H,19,20)(H,21,22)(H,23,24)(H,25,26). The van der Waals surface area contributed by atoms with Gasteiger partial charge in [0, 0.05) is 4.43 Å². The summed E-state index contributed by atoms with van der Waals surface area (Å²) in [6, 6.07) is 0. The van der Waals surface area contributed by atoms with Crippen molar-refractivity contribution in [3.05, 3.63) is 0 Å². The SMILES string of the molecule is O=C(O)C1(C(=O)O)CCC(CI)C(C(=O)O)(C(=O)O)C1(C(=O)O)C(=O)O. The smallest absolute Gasteiger partial charge is 0.324 e. The van der Waals surface area contributed by atoms with E-state index in [4.69, 9.17) is 0 Å². The zero-order chi connectivity index (χ0) is 20.7. The van der Waals surface area contributed by atoms with E-state index in [-0.39, 0.29) is 4.43 Å². The van der Waals surface area contributed by atoms with Crippen LogP contribution in [0.1, 0.15) is 12.8 Å². The molecule has 0 amide bonds. The molecular weight excluding hydrogens is 475 g/mol. The van der Waals surface area contributed by atoms with Gasteiger partial charge in [-0.15, -0.1) is 0 Å². The van der Waals surface area contributed by atoms with Gasteiger partial charge in [-0.2, -0.15) is 0 Å². The Hall–Kier alpha value is -2.45. The minimum absolute atomic E-state index is 0.367. The maximum Gasteiger partial charge on any atom is 0.324 e. The molecule has 0 saturated heterocycles. The Kier molecular flexibility index (Phi) is 5.56. The van der Waals surface area contributed by atoms with Crippen molar-refractivity contribution in [2.24, 2.45) is 22.2 Å². The second-order valence-electron chi connectivity index (χ2n) is 5.68. The highest BCUT2D eigenvalue weighted by Gasteiger charge is 2.87. The van der Waals surface area contributed by atoms with Crippen LogP contribution in [0.4, 0.5) is 0 Å². The van der Waals surface area contributed by atoms with E-state index in [2.05, 4.69) is 0 Å². The van der Waals surface area contributed by atoms with Crippen LogP contribution in [-0.2, 0) is 28.8 Å². The van der Waals surface area contributed by atoms with Crippen LogP contribution in [-0.4, -0.2) is 70.9 Å². The first-order valence-electron chi connectivity index (χ1n) is 6.79. The van der Waals surface area contributed by atoms with Crippen molar-refractivity contribution in [1.29, 1.82) is 0 Å². The highest BCUT2D eigenvalue weighted by atomic mass is 127. The van der Waals surface area contributed by atoms with Gasteiger partial charge in [0.15, 0.2) is 10.8 Å². The van der Waals surface area contributed by atoms with Crippen LogP contribution in [0, 0.1) is 22.2 Å². The highest BCUT2D eigenvalue weighted by molar-refractivity contribution is 14.1. The van der Waals surface area contributed by atoms with E-state index in [1.54, 1.807) is 0 Å². The van der Waals surface area contributed by atoms with Crippen LogP contribution >= 0.6 is 22.6 Å². The number of rotatable bonds is 7. The first-order chi connectivity index (χ1) is 11.8. The van der Waals surface area contributed by atoms with Gasteiger partial charge in [-0.1, -0.05) is 22.6 Å². The number of hydrogen-bond donors (Lipinski definition) is 6. The third-order valence-corrected chi connectivity index (χ3v) is 6.01. The topological polar surface area (TPSA) is 224 Å². The first-order valence-corrected chi connectivity index (χ1v) is 8.32. The summed E-state index contributed by atoms with van der Waals surface area (Å²) in [6.45, 7) is 0. The van der Waals surface area contributed by atoms with Crippen molar-refractivity contribution in [2.75, 3.05) is 4.43 Å². The Bertz CT molecular complexity index is 668. The van der Waals surface area contributed by atoms with Crippen LogP contribution in [0.3, 0.4) is 0 Å². The maximum absolute atomic E-state index is 12.0. The molecule has 6 N–H and O–H groups in total. The predicted molar refractivity (Wildman–Crippen MR) is 84.7 cm³/mol. The summed E-state index contributed by atoms with van der Waals surface area (Å²) in [7, 11) is 0. The minimum Gasteiger partial charge on any atom is -0.480 e. The summed E-state index contributed by atoms with van der Waals surface area (Å²) in [6.07, 6.45) is -1.71. The fourth-order valence-electron chi connectivity index (χ4n) is 3.81. The number of carbonyl (C=O) groups is 6. The molecule has 26 heavy (non-hydrogen) atoms. The summed E-state index contributed by atoms with van der Waals surface area (Å²) in [5, 5.41) is 57.3. The molecule has 0 aromatic rings. The lowest BCUT2D eigenvalue weighted by Crippen LogP contribution is -2.76. The maximum atomic E-state index is 12.0. The van der Waals surface area contributed by atoms with Gasteiger partial charge in [0.25, 0.3) is 0 Å². The van der Waals surface area contributed by atoms with Gasteiger partial charge in [-0.05, 0) is 18.8 Å². The fourth-order valence-corrected chi connectivity index (χ4v) is 4.91. The lowest BCUT2D eigenvalue weighted by atomic mass is 9.41. The Morgan fingerprint density at radius 2 is 1.12 bits per heavy atom. The van der Waals surface area contributed by atoms with Gasteiger partial charge in [-0.3, -0.25) is 28.8 Å². The van der Waals surface area contributed by atoms with E-state index in [0.29, 0.717) is 0 Å². The van der Waals surface area contributed by atoms with E-state index >= 15 is 0 Å². The van der Waals surface area contributed by atoms with Gasteiger partial charge in [0.05, 0.1) is 0 Å². The van der Waals surface area contributed by atoms with E-state index in [0.717, 1.165) is 0 Å². The second kappa shape index (κ2) is 6.69. The zero-order valence-electron chi connectivity index (χ0n) is 12.7. The van der Waals surface area contributed by atoms with Crippen LogP contribution in [0.5, 0.6) is 0 Å². The number of carboxylic acid groups (broad SMARTS) is 6. The van der Waals surface area contributed by atoms with Crippen molar-refractivity contribution in [3.63, 3.8) is 0 Å². The Morgan fingerprint density at radius 1 is 0.731 bits per heavy atom. The first kappa shape index (κ1) is 21.6. The summed E-state index contributed by atoms with van der Waals surface area (Å²) in [4.78, 5) is 71.4. The normalized spacial score (nSPS) is 22.7. The molecule has 1 saturated carbocycles. The Morgan fingerprint density at radius 3 is 1.35 bits per heavy atom. The molecule has 0 bridgehead atoms. The van der Waals surface area contributed by atoms with E-state index in [1.807, 2.05) is 0 Å². The lowest BCUT2D eigenvalue weighted by molar-refractivity contribution is -0.231. The minimum atomic E-state index is -4.20. The van der Waals surface area contributed by atoms with Crippen LogP contribution in [0.2, 0.25) is 0 Å². The molecule has 0 radical (unpaired) electrons. The van der Waals surface area contributed by atoms with E-state index < -0.39 is 70.8 Å². The van der Waals surface area contributed by atoms with Gasteiger partial charge >= 0.3 is 35.8 Å². The fraction of sp³-hybridized carbons (Fsp3) is 0.538. The molecule has 0 aromatic carbocycles. The second-order valence-corrected chi connectivity index (χ2v) is 6.56.